The molecule has 0 fully saturated rings. The van der Waals surface area contributed by atoms with Crippen LogP contribution in [0.1, 0.15) is 19.4 Å². The largest absolute Gasteiger partial charge is 0.396 e. The monoisotopic (exact) mass is 272 g/mol. The predicted octanol–water partition coefficient (Wildman–Crippen LogP) is 1.56. The highest BCUT2D eigenvalue weighted by molar-refractivity contribution is 5.75. The number of hydrogen-bond donors (Lipinski definition) is 2. The van der Waals surface area contributed by atoms with Crippen molar-refractivity contribution in [1.82, 2.24) is 15.1 Å². The highest BCUT2D eigenvalue weighted by atomic mass is 16.2. The number of carbonyl (C=O) groups is 1. The van der Waals surface area contributed by atoms with E-state index in [0.717, 1.165) is 0 Å². The minimum atomic E-state index is -0.111. The molecular weight excluding hydrogens is 252 g/mol. The third kappa shape index (κ3) is 3.60. The number of benzene rings is 1. The standard InChI is InChI=1S/C15H20N4O/c1-15(2,12-6-4-3-5-7-12)11-17-14(20)10-19-9-13(16)8-18-19/h3-9H,10-11,16H2,1-2H3,(H,17,20). The number of nitrogens with two attached hydrogens (primary N) is 1. The molecule has 0 aliphatic heterocycles. The molecule has 0 aliphatic carbocycles. The molecule has 1 aromatic carbocycles. The van der Waals surface area contributed by atoms with Crippen LogP contribution >= 0.6 is 0 Å². The summed E-state index contributed by atoms with van der Waals surface area (Å²) in [6.45, 7) is 4.97. The van der Waals surface area contributed by atoms with Gasteiger partial charge in [-0.25, -0.2) is 0 Å². The smallest absolute Gasteiger partial charge is 0.241 e. The zero-order chi connectivity index (χ0) is 14.6. The molecule has 1 amide bonds. The molecule has 0 aliphatic rings. The van der Waals surface area contributed by atoms with Gasteiger partial charge in [-0.1, -0.05) is 44.2 Å². The van der Waals surface area contributed by atoms with E-state index in [1.807, 2.05) is 18.2 Å². The summed E-state index contributed by atoms with van der Waals surface area (Å²) in [6, 6.07) is 10.1. The molecule has 1 aromatic heterocycles. The Kier molecular flexibility index (Phi) is 4.08. The van der Waals surface area contributed by atoms with Crippen LogP contribution in [-0.2, 0) is 16.8 Å². The SMILES string of the molecule is CC(C)(CNC(=O)Cn1cc(N)cn1)c1ccccc1. The Balaban J connectivity index is 1.89. The number of rotatable bonds is 5. The number of amides is 1. The van der Waals surface area contributed by atoms with Gasteiger partial charge >= 0.3 is 0 Å². The number of anilines is 1. The molecule has 106 valence electrons. The Morgan fingerprint density at radius 3 is 2.65 bits per heavy atom. The molecule has 0 atom stereocenters. The van der Waals surface area contributed by atoms with E-state index in [2.05, 4.69) is 36.4 Å². The molecule has 0 radical (unpaired) electrons. The van der Waals surface area contributed by atoms with E-state index in [4.69, 9.17) is 5.73 Å². The summed E-state index contributed by atoms with van der Waals surface area (Å²) in [5, 5.41) is 6.93. The lowest BCUT2D eigenvalue weighted by Gasteiger charge is -2.25. The number of nitrogens with zero attached hydrogens (tertiary/aromatic N) is 2. The second-order valence-corrected chi connectivity index (χ2v) is 5.50. The van der Waals surface area contributed by atoms with Gasteiger partial charge in [-0.3, -0.25) is 9.48 Å². The molecule has 0 unspecified atom stereocenters. The Bertz CT molecular complexity index is 575. The van der Waals surface area contributed by atoms with Crippen molar-refractivity contribution >= 4 is 11.6 Å². The summed E-state index contributed by atoms with van der Waals surface area (Å²) in [5.74, 6) is -0.0721. The number of nitrogen functional groups attached to an aromatic ring is 1. The molecule has 2 aromatic rings. The molecule has 0 saturated heterocycles. The topological polar surface area (TPSA) is 72.9 Å². The quantitative estimate of drug-likeness (QED) is 0.867. The Morgan fingerprint density at radius 1 is 1.35 bits per heavy atom. The number of aromatic nitrogens is 2. The van der Waals surface area contributed by atoms with Gasteiger partial charge in [0.05, 0.1) is 11.9 Å². The van der Waals surface area contributed by atoms with Gasteiger partial charge in [-0.2, -0.15) is 5.10 Å². The third-order valence-electron chi connectivity index (χ3n) is 3.24. The van der Waals surface area contributed by atoms with Crippen LogP contribution < -0.4 is 11.1 Å². The number of nitrogens with one attached hydrogen (secondary N) is 1. The van der Waals surface area contributed by atoms with Crippen LogP contribution in [0, 0.1) is 0 Å². The zero-order valence-electron chi connectivity index (χ0n) is 11.8. The van der Waals surface area contributed by atoms with Gasteiger partial charge in [-0.05, 0) is 5.56 Å². The molecule has 20 heavy (non-hydrogen) atoms. The van der Waals surface area contributed by atoms with Crippen LogP contribution in [0.4, 0.5) is 5.69 Å². The Hall–Kier alpha value is -2.30. The fourth-order valence-corrected chi connectivity index (χ4v) is 1.98. The average Bonchev–Trinajstić information content (AvgIpc) is 2.83. The molecule has 2 rings (SSSR count). The first kappa shape index (κ1) is 14.1. The van der Waals surface area contributed by atoms with Crippen LogP contribution in [0.3, 0.4) is 0 Å². The minimum absolute atomic E-state index is 0.0721. The normalized spacial score (nSPS) is 11.3. The molecule has 3 N–H and O–H groups in total. The summed E-state index contributed by atoms with van der Waals surface area (Å²) in [7, 11) is 0. The zero-order valence-corrected chi connectivity index (χ0v) is 11.8. The molecule has 1 heterocycles. The average molecular weight is 272 g/mol. The van der Waals surface area contributed by atoms with Crippen molar-refractivity contribution in [2.75, 3.05) is 12.3 Å². The fourth-order valence-electron chi connectivity index (χ4n) is 1.98. The Labute approximate surface area is 118 Å². The summed E-state index contributed by atoms with van der Waals surface area (Å²) in [5.41, 5.74) is 7.20. The second kappa shape index (κ2) is 5.77. The highest BCUT2D eigenvalue weighted by Crippen LogP contribution is 2.21. The van der Waals surface area contributed by atoms with Crippen LogP contribution in [0.2, 0.25) is 0 Å². The first-order valence-electron chi connectivity index (χ1n) is 6.57. The lowest BCUT2D eigenvalue weighted by molar-refractivity contribution is -0.122. The van der Waals surface area contributed by atoms with E-state index in [9.17, 15) is 4.79 Å². The molecule has 0 bridgehead atoms. The molecular formula is C15H20N4O. The summed E-state index contributed by atoms with van der Waals surface area (Å²) in [4.78, 5) is 11.9. The van der Waals surface area contributed by atoms with E-state index >= 15 is 0 Å². The maximum atomic E-state index is 11.9. The molecule has 5 nitrogen and oxygen atoms in total. The van der Waals surface area contributed by atoms with Crippen LogP contribution in [0.25, 0.3) is 0 Å². The first-order chi connectivity index (χ1) is 9.47. The van der Waals surface area contributed by atoms with E-state index in [0.29, 0.717) is 12.2 Å². The van der Waals surface area contributed by atoms with Gasteiger partial charge in [0.25, 0.3) is 0 Å². The van der Waals surface area contributed by atoms with Gasteiger partial charge in [0.15, 0.2) is 0 Å². The summed E-state index contributed by atoms with van der Waals surface area (Å²) < 4.78 is 1.53. The molecule has 5 heteroatoms. The predicted molar refractivity (Wildman–Crippen MR) is 79.1 cm³/mol. The van der Waals surface area contributed by atoms with Gasteiger partial charge in [0.1, 0.15) is 6.54 Å². The fraction of sp³-hybridized carbons (Fsp3) is 0.333. The van der Waals surface area contributed by atoms with Crippen molar-refractivity contribution in [1.29, 1.82) is 0 Å². The van der Waals surface area contributed by atoms with Gasteiger partial charge in [-0.15, -0.1) is 0 Å². The van der Waals surface area contributed by atoms with Crippen molar-refractivity contribution in [2.24, 2.45) is 0 Å². The van der Waals surface area contributed by atoms with Crippen molar-refractivity contribution in [2.45, 2.75) is 25.8 Å². The number of carbonyl (C=O) groups excluding carboxylic acids is 1. The van der Waals surface area contributed by atoms with Gasteiger partial charge in [0.2, 0.25) is 5.91 Å². The van der Waals surface area contributed by atoms with E-state index in [1.165, 1.54) is 16.4 Å². The van der Waals surface area contributed by atoms with E-state index in [1.54, 1.807) is 6.20 Å². The maximum absolute atomic E-state index is 11.9. The van der Waals surface area contributed by atoms with Crippen LogP contribution in [-0.4, -0.2) is 22.2 Å². The second-order valence-electron chi connectivity index (χ2n) is 5.50. The van der Waals surface area contributed by atoms with Crippen LogP contribution in [0.15, 0.2) is 42.7 Å². The van der Waals surface area contributed by atoms with Crippen molar-refractivity contribution < 1.29 is 4.79 Å². The van der Waals surface area contributed by atoms with Crippen molar-refractivity contribution in [3.63, 3.8) is 0 Å². The first-order valence-corrected chi connectivity index (χ1v) is 6.57. The number of hydrogen-bond acceptors (Lipinski definition) is 3. The van der Waals surface area contributed by atoms with E-state index < -0.39 is 0 Å². The van der Waals surface area contributed by atoms with Crippen LogP contribution in [0.5, 0.6) is 0 Å². The lowest BCUT2D eigenvalue weighted by atomic mass is 9.84. The highest BCUT2D eigenvalue weighted by Gasteiger charge is 2.21. The molecule has 0 spiro atoms. The minimum Gasteiger partial charge on any atom is -0.396 e. The summed E-state index contributed by atoms with van der Waals surface area (Å²) in [6.07, 6.45) is 3.17. The lowest BCUT2D eigenvalue weighted by Crippen LogP contribution is -2.38. The third-order valence-corrected chi connectivity index (χ3v) is 3.24. The van der Waals surface area contributed by atoms with E-state index in [-0.39, 0.29) is 17.9 Å². The van der Waals surface area contributed by atoms with Gasteiger partial charge < -0.3 is 11.1 Å². The van der Waals surface area contributed by atoms with Gasteiger partial charge in [0, 0.05) is 18.2 Å². The summed E-state index contributed by atoms with van der Waals surface area (Å²) >= 11 is 0. The Morgan fingerprint density at radius 2 is 2.05 bits per heavy atom. The molecule has 0 saturated carbocycles. The van der Waals surface area contributed by atoms with Crippen molar-refractivity contribution in [3.8, 4) is 0 Å². The van der Waals surface area contributed by atoms with Crippen molar-refractivity contribution in [3.05, 3.63) is 48.3 Å². The maximum Gasteiger partial charge on any atom is 0.241 e.